The van der Waals surface area contributed by atoms with Gasteiger partial charge in [-0.05, 0) is 0 Å². The molecule has 17 heteroatoms. The quantitative estimate of drug-likeness (QED) is 0.261. The van der Waals surface area contributed by atoms with Gasteiger partial charge in [0.25, 0.3) is 0 Å². The molecule has 0 aromatic heterocycles. The molecule has 4 N–H and O–H groups in total. The molecule has 8 nitrogen and oxygen atoms in total. The second-order valence-corrected chi connectivity index (χ2v) is 5.56. The first-order valence-corrected chi connectivity index (χ1v) is 6.51. The molecule has 0 spiro atoms. The smallest absolute Gasteiger partial charge is 0.421 e. The fraction of sp³-hybridized carbons (Fsp3) is 0.750. The van der Waals surface area contributed by atoms with E-state index in [2.05, 4.69) is 11.7 Å². The molecule has 0 heterocycles. The van der Waals surface area contributed by atoms with Gasteiger partial charge in [0.1, 0.15) is 0 Å². The van der Waals surface area contributed by atoms with Crippen LogP contribution in [0.5, 0.6) is 0 Å². The fourth-order valence-electron chi connectivity index (χ4n) is 0.214. The number of hydrogen-bond donors (Lipinski definition) is 2. The zero-order valence-corrected chi connectivity index (χ0v) is 12.7. The third kappa shape index (κ3) is 10.9. The van der Waals surface area contributed by atoms with Gasteiger partial charge >= 0.3 is 33.4 Å². The topological polar surface area (TPSA) is 158 Å². The summed E-state index contributed by atoms with van der Waals surface area (Å²) >= 11 is 0. The molecule has 0 fully saturated rings. The van der Waals surface area contributed by atoms with Crippen molar-refractivity contribution in [2.45, 2.75) is 17.9 Å². The standard InChI is InChI=1S/C2F6NO4S2.C2H3N.Ag.H4N2/c3-1(4,5)14(10,11)9-15(12,13)2(6,7)8;1-2-3;;1-2/h;1H3;;1-2H2/q-1;;+1;. The van der Waals surface area contributed by atoms with Crippen LogP contribution in [0.15, 0.2) is 0 Å². The van der Waals surface area contributed by atoms with Gasteiger partial charge in [-0.25, -0.2) is 16.8 Å². The number of nitrogens with zero attached hydrogens (tertiary/aromatic N) is 2. The molecular weight excluding hydrogens is 454 g/mol. The van der Waals surface area contributed by atoms with Gasteiger partial charge in [0.05, 0.1) is 6.07 Å². The van der Waals surface area contributed by atoms with E-state index in [1.54, 1.807) is 6.07 Å². The fourth-order valence-corrected chi connectivity index (χ4v) is 1.92. The van der Waals surface area contributed by atoms with Crippen molar-refractivity contribution in [1.82, 2.24) is 0 Å². The number of sulfonamides is 2. The molecule has 0 aromatic rings. The van der Waals surface area contributed by atoms with Crippen LogP contribution in [0, 0.1) is 11.3 Å². The van der Waals surface area contributed by atoms with E-state index in [1.807, 2.05) is 0 Å². The number of hydrogen-bond acceptors (Lipinski definition) is 7. The Balaban J connectivity index is -0.000000212. The first kappa shape index (κ1) is 28.7. The molecule has 0 rings (SSSR count). The van der Waals surface area contributed by atoms with E-state index in [0.29, 0.717) is 0 Å². The van der Waals surface area contributed by atoms with E-state index in [1.165, 1.54) is 6.92 Å². The van der Waals surface area contributed by atoms with Crippen LogP contribution in [0.1, 0.15) is 6.92 Å². The first-order chi connectivity index (χ1) is 8.62. The van der Waals surface area contributed by atoms with Crippen molar-refractivity contribution < 1.29 is 65.6 Å². The van der Waals surface area contributed by atoms with Crippen LogP contribution >= 0.6 is 0 Å². The normalized spacial score (nSPS) is 11.6. The molecule has 21 heavy (non-hydrogen) atoms. The SMILES string of the molecule is CC#N.NN.O=S(=O)([N-]S(=O)(=O)C(F)(F)F)C(F)(F)F.[Ag+]. The minimum Gasteiger partial charge on any atom is -0.421 e. The average molecular weight is 461 g/mol. The Labute approximate surface area is 131 Å². The minimum absolute atomic E-state index is 0. The van der Waals surface area contributed by atoms with Gasteiger partial charge in [0, 0.05) is 6.92 Å². The van der Waals surface area contributed by atoms with Crippen molar-refractivity contribution in [3.05, 3.63) is 4.13 Å². The van der Waals surface area contributed by atoms with E-state index in [9.17, 15) is 43.2 Å². The number of alkyl halides is 6. The van der Waals surface area contributed by atoms with Crippen molar-refractivity contribution in [2.24, 2.45) is 11.7 Å². The maximum atomic E-state index is 11.4. The van der Waals surface area contributed by atoms with Crippen LogP contribution < -0.4 is 11.7 Å². The molecule has 0 aliphatic rings. The Kier molecular flexibility index (Phi) is 14.1. The zero-order valence-electron chi connectivity index (χ0n) is 9.57. The van der Waals surface area contributed by atoms with Crippen molar-refractivity contribution >= 4 is 20.0 Å². The summed E-state index contributed by atoms with van der Waals surface area (Å²) in [5.41, 5.74) is -12.4. The molecule has 0 unspecified atom stereocenters. The molecular formula is C4H7AgF6N4O4S2. The molecule has 0 saturated heterocycles. The van der Waals surface area contributed by atoms with Crippen molar-refractivity contribution in [3.63, 3.8) is 0 Å². The van der Waals surface area contributed by atoms with Crippen LogP contribution in [0.2, 0.25) is 0 Å². The summed E-state index contributed by atoms with van der Waals surface area (Å²) in [4.78, 5) is 0. The summed E-state index contributed by atoms with van der Waals surface area (Å²) in [7, 11) is -13.4. The van der Waals surface area contributed by atoms with Crippen LogP contribution in [0.3, 0.4) is 0 Å². The summed E-state index contributed by atoms with van der Waals surface area (Å²) in [6.07, 6.45) is 0. The monoisotopic (exact) mass is 460 g/mol. The van der Waals surface area contributed by atoms with Gasteiger partial charge in [-0.2, -0.15) is 31.6 Å². The maximum Gasteiger partial charge on any atom is 1.00 e. The van der Waals surface area contributed by atoms with Crippen LogP contribution in [0.4, 0.5) is 26.3 Å². The number of halogens is 6. The van der Waals surface area contributed by atoms with Gasteiger partial charge < -0.3 is 4.13 Å². The summed E-state index contributed by atoms with van der Waals surface area (Å²) < 4.78 is 109. The van der Waals surface area contributed by atoms with Crippen LogP contribution in [0.25, 0.3) is 4.13 Å². The Morgan fingerprint density at radius 1 is 0.905 bits per heavy atom. The van der Waals surface area contributed by atoms with Crippen molar-refractivity contribution in [2.75, 3.05) is 0 Å². The average Bonchev–Trinajstić information content (AvgIpc) is 2.16. The molecule has 0 radical (unpaired) electrons. The summed E-state index contributed by atoms with van der Waals surface area (Å²) in [6.45, 7) is 1.43. The number of rotatable bonds is 2. The molecule has 0 aliphatic carbocycles. The van der Waals surface area contributed by atoms with E-state index >= 15 is 0 Å². The van der Waals surface area contributed by atoms with Gasteiger partial charge in [0.15, 0.2) is 20.0 Å². The van der Waals surface area contributed by atoms with E-state index in [-0.39, 0.29) is 22.4 Å². The van der Waals surface area contributed by atoms with Gasteiger partial charge in [-0.3, -0.25) is 11.7 Å². The zero-order chi connectivity index (χ0) is 17.4. The number of nitrogens with two attached hydrogens (primary N) is 2. The molecule has 0 bridgehead atoms. The van der Waals surface area contributed by atoms with E-state index in [4.69, 9.17) is 5.26 Å². The second kappa shape index (κ2) is 10.3. The van der Waals surface area contributed by atoms with E-state index < -0.39 is 31.1 Å². The Morgan fingerprint density at radius 2 is 1.05 bits per heavy atom. The van der Waals surface area contributed by atoms with Gasteiger partial charge in [-0.1, -0.05) is 0 Å². The summed E-state index contributed by atoms with van der Waals surface area (Å²) in [5, 5.41) is 7.32. The largest absolute Gasteiger partial charge is 1.00 e. The van der Waals surface area contributed by atoms with Crippen molar-refractivity contribution in [3.8, 4) is 6.07 Å². The van der Waals surface area contributed by atoms with Crippen LogP contribution in [-0.4, -0.2) is 27.9 Å². The third-order valence-corrected chi connectivity index (χ3v) is 3.52. The Bertz CT molecular complexity index is 478. The van der Waals surface area contributed by atoms with E-state index in [0.717, 1.165) is 4.13 Å². The molecule has 0 atom stereocenters. The Morgan fingerprint density at radius 3 is 1.14 bits per heavy atom. The predicted molar refractivity (Wildman–Crippen MR) is 53.0 cm³/mol. The summed E-state index contributed by atoms with van der Waals surface area (Å²) in [6, 6.07) is 1.75. The number of hydrazine groups is 1. The molecule has 0 aliphatic heterocycles. The molecule has 132 valence electrons. The summed E-state index contributed by atoms with van der Waals surface area (Å²) in [5.74, 6) is 8.00. The van der Waals surface area contributed by atoms with Crippen molar-refractivity contribution in [1.29, 1.82) is 5.26 Å². The van der Waals surface area contributed by atoms with Gasteiger partial charge in [0.2, 0.25) is 0 Å². The first-order valence-electron chi connectivity index (χ1n) is 3.63. The molecule has 0 amide bonds. The minimum atomic E-state index is -6.72. The Hall–Kier alpha value is -0.410. The second-order valence-electron chi connectivity index (χ2n) is 2.14. The molecule has 0 saturated carbocycles. The third-order valence-electron chi connectivity index (χ3n) is 0.781. The predicted octanol–water partition coefficient (Wildman–Crippen LogP) is 0.405. The maximum absolute atomic E-state index is 11.4. The number of nitriles is 1. The van der Waals surface area contributed by atoms with Gasteiger partial charge in [-0.15, -0.1) is 0 Å². The van der Waals surface area contributed by atoms with Crippen LogP contribution in [-0.2, 0) is 42.4 Å². The molecule has 0 aromatic carbocycles.